The van der Waals surface area contributed by atoms with Crippen LogP contribution in [0.5, 0.6) is 0 Å². The van der Waals surface area contributed by atoms with Crippen LogP contribution in [0.3, 0.4) is 0 Å². The number of aliphatic hydroxyl groups is 1. The molecule has 0 aromatic carbocycles. The van der Waals surface area contributed by atoms with Crippen LogP contribution in [0.2, 0.25) is 0 Å². The molecule has 1 aliphatic heterocycles. The summed E-state index contributed by atoms with van der Waals surface area (Å²) >= 11 is 0. The minimum Gasteiger partial charge on any atom is -0.394 e. The normalized spacial score (nSPS) is 25.8. The predicted molar refractivity (Wildman–Crippen MR) is 77.3 cm³/mol. The molecule has 1 atom stereocenters. The van der Waals surface area contributed by atoms with E-state index in [1.165, 1.54) is 38.9 Å². The molecule has 1 heterocycles. The second-order valence-corrected chi connectivity index (χ2v) is 5.63. The molecule has 0 radical (unpaired) electrons. The molecule has 0 amide bonds. The van der Waals surface area contributed by atoms with E-state index in [2.05, 4.69) is 22.0 Å². The number of allylic oxidation sites excluding steroid dienone is 2. The minimum atomic E-state index is 0.129. The average Bonchev–Trinajstić information content (AvgIpc) is 2.46. The molecule has 0 aromatic rings. The van der Waals surface area contributed by atoms with Crippen molar-refractivity contribution in [2.45, 2.75) is 19.3 Å². The molecule has 1 fully saturated rings. The summed E-state index contributed by atoms with van der Waals surface area (Å²) in [5.74, 6) is 0.879. The first-order valence-corrected chi connectivity index (χ1v) is 7.67. The number of aliphatic hydroxyl groups excluding tert-OH is 1. The van der Waals surface area contributed by atoms with Gasteiger partial charge in [0.1, 0.15) is 0 Å². The molecule has 110 valence electrons. The van der Waals surface area contributed by atoms with Gasteiger partial charge in [-0.1, -0.05) is 12.2 Å². The molecule has 1 aliphatic carbocycles. The van der Waals surface area contributed by atoms with E-state index < -0.39 is 0 Å². The SMILES string of the molecule is OCCOCCN1CCN(C[C@@H]2CC=CCC2)CC1. The molecule has 1 saturated heterocycles. The summed E-state index contributed by atoms with van der Waals surface area (Å²) in [5, 5.41) is 8.64. The van der Waals surface area contributed by atoms with Gasteiger partial charge >= 0.3 is 0 Å². The van der Waals surface area contributed by atoms with Crippen molar-refractivity contribution in [3.05, 3.63) is 12.2 Å². The fourth-order valence-corrected chi connectivity index (χ4v) is 2.94. The van der Waals surface area contributed by atoms with E-state index in [0.29, 0.717) is 6.61 Å². The van der Waals surface area contributed by atoms with Gasteiger partial charge < -0.3 is 14.7 Å². The van der Waals surface area contributed by atoms with Crippen molar-refractivity contribution in [3.63, 3.8) is 0 Å². The Hall–Kier alpha value is -0.420. The van der Waals surface area contributed by atoms with Crippen LogP contribution in [0.4, 0.5) is 0 Å². The van der Waals surface area contributed by atoms with E-state index in [-0.39, 0.29) is 6.61 Å². The molecule has 0 spiro atoms. The molecular weight excluding hydrogens is 240 g/mol. The molecule has 4 nitrogen and oxygen atoms in total. The van der Waals surface area contributed by atoms with Crippen molar-refractivity contribution in [1.29, 1.82) is 0 Å². The highest BCUT2D eigenvalue weighted by molar-refractivity contribution is 4.91. The predicted octanol–water partition coefficient (Wildman–Crippen LogP) is 0.969. The molecule has 0 saturated carbocycles. The van der Waals surface area contributed by atoms with Crippen molar-refractivity contribution in [1.82, 2.24) is 9.80 Å². The van der Waals surface area contributed by atoms with E-state index in [1.54, 1.807) is 0 Å². The monoisotopic (exact) mass is 268 g/mol. The van der Waals surface area contributed by atoms with Gasteiger partial charge in [0.15, 0.2) is 0 Å². The van der Waals surface area contributed by atoms with Gasteiger partial charge in [-0.3, -0.25) is 4.90 Å². The summed E-state index contributed by atoms with van der Waals surface area (Å²) in [5.41, 5.74) is 0. The number of rotatable bonds is 7. The lowest BCUT2D eigenvalue weighted by molar-refractivity contribution is 0.0545. The Morgan fingerprint density at radius 1 is 1.05 bits per heavy atom. The maximum Gasteiger partial charge on any atom is 0.0698 e. The van der Waals surface area contributed by atoms with Crippen molar-refractivity contribution in [2.75, 3.05) is 59.1 Å². The second-order valence-electron chi connectivity index (χ2n) is 5.63. The number of piperazine rings is 1. The molecule has 0 aromatic heterocycles. The zero-order chi connectivity index (χ0) is 13.3. The van der Waals surface area contributed by atoms with Gasteiger partial charge in [-0.15, -0.1) is 0 Å². The highest BCUT2D eigenvalue weighted by Crippen LogP contribution is 2.19. The summed E-state index contributed by atoms with van der Waals surface area (Å²) in [6, 6.07) is 0. The van der Waals surface area contributed by atoms with Crippen LogP contribution in [0.25, 0.3) is 0 Å². The van der Waals surface area contributed by atoms with Crippen LogP contribution in [0.15, 0.2) is 12.2 Å². The number of hydrogen-bond acceptors (Lipinski definition) is 4. The van der Waals surface area contributed by atoms with Gasteiger partial charge in [-0.2, -0.15) is 0 Å². The zero-order valence-electron chi connectivity index (χ0n) is 12.0. The topological polar surface area (TPSA) is 35.9 Å². The molecule has 4 heteroatoms. The fraction of sp³-hybridized carbons (Fsp3) is 0.867. The quantitative estimate of drug-likeness (QED) is 0.551. The smallest absolute Gasteiger partial charge is 0.0698 e. The van der Waals surface area contributed by atoms with E-state index in [4.69, 9.17) is 9.84 Å². The van der Waals surface area contributed by atoms with E-state index >= 15 is 0 Å². The van der Waals surface area contributed by atoms with Crippen LogP contribution in [-0.4, -0.2) is 74.0 Å². The lowest BCUT2D eigenvalue weighted by Crippen LogP contribution is -2.48. The zero-order valence-corrected chi connectivity index (χ0v) is 12.0. The molecule has 1 N–H and O–H groups in total. The molecule has 2 rings (SSSR count). The third-order valence-corrected chi connectivity index (χ3v) is 4.15. The van der Waals surface area contributed by atoms with E-state index in [0.717, 1.165) is 32.2 Å². The molecule has 0 unspecified atom stereocenters. The summed E-state index contributed by atoms with van der Waals surface area (Å²) in [4.78, 5) is 5.09. The van der Waals surface area contributed by atoms with Crippen LogP contribution < -0.4 is 0 Å². The summed E-state index contributed by atoms with van der Waals surface area (Å²) in [6.07, 6.45) is 8.58. The fourth-order valence-electron chi connectivity index (χ4n) is 2.94. The first-order chi connectivity index (χ1) is 9.38. The van der Waals surface area contributed by atoms with Crippen molar-refractivity contribution >= 4 is 0 Å². The van der Waals surface area contributed by atoms with Crippen LogP contribution in [0, 0.1) is 5.92 Å². The van der Waals surface area contributed by atoms with Gasteiger partial charge in [-0.25, -0.2) is 0 Å². The minimum absolute atomic E-state index is 0.129. The maximum absolute atomic E-state index is 8.64. The van der Waals surface area contributed by atoms with Crippen molar-refractivity contribution in [3.8, 4) is 0 Å². The maximum atomic E-state index is 8.64. The first-order valence-electron chi connectivity index (χ1n) is 7.67. The molecule has 2 aliphatic rings. The van der Waals surface area contributed by atoms with Gasteiger partial charge in [-0.05, 0) is 25.2 Å². The Labute approximate surface area is 117 Å². The first kappa shape index (κ1) is 15.0. The lowest BCUT2D eigenvalue weighted by Gasteiger charge is -2.36. The Kier molecular flexibility index (Phi) is 6.85. The Morgan fingerprint density at radius 3 is 2.53 bits per heavy atom. The van der Waals surface area contributed by atoms with E-state index in [1.807, 2.05) is 0 Å². The number of hydrogen-bond donors (Lipinski definition) is 1. The average molecular weight is 268 g/mol. The lowest BCUT2D eigenvalue weighted by atomic mass is 9.94. The van der Waals surface area contributed by atoms with Gasteiger partial charge in [0.05, 0.1) is 19.8 Å². The second kappa shape index (κ2) is 8.69. The largest absolute Gasteiger partial charge is 0.394 e. The third kappa shape index (κ3) is 5.61. The molecule has 19 heavy (non-hydrogen) atoms. The summed E-state index contributed by atoms with van der Waals surface area (Å²) in [7, 11) is 0. The summed E-state index contributed by atoms with van der Waals surface area (Å²) < 4.78 is 5.32. The standard InChI is InChI=1S/C15H28N2O2/c18-11-13-19-12-10-16-6-8-17(9-7-16)14-15-4-2-1-3-5-15/h1-2,15,18H,3-14H2/t15-/m1/s1. The van der Waals surface area contributed by atoms with Gasteiger partial charge in [0.2, 0.25) is 0 Å². The van der Waals surface area contributed by atoms with Crippen molar-refractivity contribution in [2.24, 2.45) is 5.92 Å². The highest BCUT2D eigenvalue weighted by atomic mass is 16.5. The Morgan fingerprint density at radius 2 is 1.84 bits per heavy atom. The van der Waals surface area contributed by atoms with Crippen LogP contribution in [-0.2, 0) is 4.74 Å². The van der Waals surface area contributed by atoms with Gasteiger partial charge in [0, 0.05) is 39.3 Å². The highest BCUT2D eigenvalue weighted by Gasteiger charge is 2.19. The van der Waals surface area contributed by atoms with E-state index in [9.17, 15) is 0 Å². The summed E-state index contributed by atoms with van der Waals surface area (Å²) in [6.45, 7) is 8.32. The Balaban J connectivity index is 1.55. The Bertz CT molecular complexity index is 263. The van der Waals surface area contributed by atoms with Crippen molar-refractivity contribution < 1.29 is 9.84 Å². The number of ether oxygens (including phenoxy) is 1. The molecule has 0 bridgehead atoms. The van der Waals surface area contributed by atoms with Gasteiger partial charge in [0.25, 0.3) is 0 Å². The van der Waals surface area contributed by atoms with Crippen LogP contribution in [0.1, 0.15) is 19.3 Å². The number of nitrogens with zero attached hydrogens (tertiary/aromatic N) is 2. The van der Waals surface area contributed by atoms with Crippen LogP contribution >= 0.6 is 0 Å². The molecular formula is C15H28N2O2. The third-order valence-electron chi connectivity index (χ3n) is 4.15.